The first-order valence-electron chi connectivity index (χ1n) is 11.2. The second-order valence-corrected chi connectivity index (χ2v) is 8.46. The molecule has 0 saturated carbocycles. The molecular formula is C26H25N7O2. The molecule has 3 heterocycles. The van der Waals surface area contributed by atoms with Crippen LogP contribution in [0, 0.1) is 12.3 Å². The average molecular weight is 468 g/mol. The van der Waals surface area contributed by atoms with E-state index >= 15 is 0 Å². The van der Waals surface area contributed by atoms with Crippen molar-refractivity contribution in [3.8, 4) is 29.2 Å². The third kappa shape index (κ3) is 4.93. The summed E-state index contributed by atoms with van der Waals surface area (Å²) >= 11 is 0. The zero-order chi connectivity index (χ0) is 24.4. The number of rotatable bonds is 6. The number of amides is 1. The molecule has 0 aliphatic carbocycles. The summed E-state index contributed by atoms with van der Waals surface area (Å²) < 4.78 is 7.28. The van der Waals surface area contributed by atoms with Crippen LogP contribution in [0.2, 0.25) is 0 Å². The third-order valence-electron chi connectivity index (χ3n) is 5.85. The highest BCUT2D eigenvalue weighted by Gasteiger charge is 2.17. The van der Waals surface area contributed by atoms with Crippen molar-refractivity contribution in [3.63, 3.8) is 0 Å². The van der Waals surface area contributed by atoms with Crippen molar-refractivity contribution in [2.75, 3.05) is 32.1 Å². The molecule has 2 N–H and O–H groups in total. The van der Waals surface area contributed by atoms with Gasteiger partial charge in [0.1, 0.15) is 11.3 Å². The Morgan fingerprint density at radius 1 is 1.20 bits per heavy atom. The minimum absolute atomic E-state index is 0.0458. The molecule has 4 aromatic rings. The molecule has 5 rings (SSSR count). The van der Waals surface area contributed by atoms with Gasteiger partial charge < -0.3 is 15.4 Å². The molecule has 9 nitrogen and oxygen atoms in total. The Morgan fingerprint density at radius 2 is 2.09 bits per heavy atom. The van der Waals surface area contributed by atoms with E-state index in [-0.39, 0.29) is 5.91 Å². The zero-order valence-electron chi connectivity index (χ0n) is 19.6. The molecule has 1 saturated heterocycles. The molecule has 1 aliphatic rings. The number of anilines is 2. The number of methoxy groups -OCH3 is 1. The number of terminal acetylenes is 1. The van der Waals surface area contributed by atoms with Gasteiger partial charge in [-0.3, -0.25) is 14.4 Å². The minimum Gasteiger partial charge on any atom is -0.494 e. The topological polar surface area (TPSA) is 97.2 Å². The van der Waals surface area contributed by atoms with E-state index in [0.717, 1.165) is 34.3 Å². The lowest BCUT2D eigenvalue weighted by Crippen LogP contribution is -2.47. The first-order chi connectivity index (χ1) is 17.0. The van der Waals surface area contributed by atoms with Crippen LogP contribution >= 0.6 is 0 Å². The van der Waals surface area contributed by atoms with Crippen LogP contribution in [-0.4, -0.2) is 57.3 Å². The molecule has 1 amide bonds. The molecule has 0 radical (unpaired) electrons. The highest BCUT2D eigenvalue weighted by molar-refractivity contribution is 5.86. The second-order valence-electron chi connectivity index (χ2n) is 8.46. The molecule has 9 heteroatoms. The van der Waals surface area contributed by atoms with Gasteiger partial charge in [-0.15, -0.1) is 6.42 Å². The summed E-state index contributed by atoms with van der Waals surface area (Å²) in [4.78, 5) is 23.2. The van der Waals surface area contributed by atoms with Gasteiger partial charge in [-0.1, -0.05) is 5.92 Å². The van der Waals surface area contributed by atoms with Crippen molar-refractivity contribution < 1.29 is 9.53 Å². The van der Waals surface area contributed by atoms with E-state index in [1.54, 1.807) is 24.1 Å². The van der Waals surface area contributed by atoms with E-state index in [0.29, 0.717) is 42.4 Å². The summed E-state index contributed by atoms with van der Waals surface area (Å²) in [5.41, 5.74) is 5.29. The summed E-state index contributed by atoms with van der Waals surface area (Å²) in [5, 5.41) is 11.3. The van der Waals surface area contributed by atoms with Gasteiger partial charge in [0.05, 0.1) is 19.9 Å². The van der Waals surface area contributed by atoms with Crippen LogP contribution in [0.1, 0.15) is 11.1 Å². The number of fused-ring (bicyclic) bond motifs is 1. The number of nitrogens with zero attached hydrogens (tertiary/aromatic N) is 5. The number of hydrogen-bond donors (Lipinski definition) is 2. The Labute approximate surface area is 203 Å². The predicted octanol–water partition coefficient (Wildman–Crippen LogP) is 2.70. The summed E-state index contributed by atoms with van der Waals surface area (Å²) in [6.07, 6.45) is 11.1. The van der Waals surface area contributed by atoms with Crippen LogP contribution in [0.25, 0.3) is 22.0 Å². The Balaban J connectivity index is 1.50. The Morgan fingerprint density at radius 3 is 2.83 bits per heavy atom. The maximum absolute atomic E-state index is 11.8. The molecule has 1 aliphatic heterocycles. The number of ether oxygens (including phenoxy) is 1. The largest absolute Gasteiger partial charge is 0.494 e. The van der Waals surface area contributed by atoms with Crippen LogP contribution in [0.15, 0.2) is 48.9 Å². The fraction of sp³-hybridized carbons (Fsp3) is 0.231. The lowest BCUT2D eigenvalue weighted by Gasteiger charge is -2.26. The van der Waals surface area contributed by atoms with Gasteiger partial charge in [0.25, 0.3) is 0 Å². The number of aryl methyl sites for hydroxylation is 1. The first kappa shape index (κ1) is 22.4. The normalized spacial score (nSPS) is 13.9. The molecule has 0 bridgehead atoms. The zero-order valence-corrected chi connectivity index (χ0v) is 19.6. The molecule has 2 aromatic heterocycles. The van der Waals surface area contributed by atoms with E-state index in [1.807, 2.05) is 31.6 Å². The van der Waals surface area contributed by atoms with Crippen molar-refractivity contribution in [1.29, 1.82) is 0 Å². The number of aromatic nitrogens is 4. The summed E-state index contributed by atoms with van der Waals surface area (Å²) in [7, 11) is 3.48. The van der Waals surface area contributed by atoms with E-state index in [9.17, 15) is 4.79 Å². The maximum atomic E-state index is 11.8. The Kier molecular flexibility index (Phi) is 6.04. The smallest absolute Gasteiger partial charge is 0.234 e. The SMILES string of the molecule is C#Cc1cc(OC)c2nc(Nc3cc(CN4CCNC(=O)C4)cc(-c4cnn(C)c4)c3)ncc2c1. The summed E-state index contributed by atoms with van der Waals surface area (Å²) in [5.74, 6) is 3.71. The highest BCUT2D eigenvalue weighted by Crippen LogP contribution is 2.29. The van der Waals surface area contributed by atoms with Gasteiger partial charge >= 0.3 is 0 Å². The standard InChI is InChI=1S/C26H25N7O2/c1-4-17-7-20-12-28-26(31-25(20)23(10-17)35-3)30-22-9-18(14-33-6-5-27-24(34)16-33)8-19(11-22)21-13-29-32(2)15-21/h1,7-13,15H,5-6,14,16H2,2-3H3,(H,27,34)(H,28,30,31). The van der Waals surface area contributed by atoms with Gasteiger partial charge in [0, 0.05) is 61.3 Å². The van der Waals surface area contributed by atoms with Gasteiger partial charge in [-0.25, -0.2) is 9.97 Å². The number of benzene rings is 2. The van der Waals surface area contributed by atoms with Gasteiger partial charge in [-0.2, -0.15) is 5.10 Å². The van der Waals surface area contributed by atoms with Crippen molar-refractivity contribution >= 4 is 28.4 Å². The fourth-order valence-corrected chi connectivity index (χ4v) is 4.22. The van der Waals surface area contributed by atoms with Crippen molar-refractivity contribution in [3.05, 3.63) is 60.0 Å². The quantitative estimate of drug-likeness (QED) is 0.421. The number of carbonyl (C=O) groups is 1. The van der Waals surface area contributed by atoms with Crippen LogP contribution in [0.4, 0.5) is 11.6 Å². The maximum Gasteiger partial charge on any atom is 0.234 e. The molecule has 0 spiro atoms. The second kappa shape index (κ2) is 9.44. The number of nitrogens with one attached hydrogen (secondary N) is 2. The molecule has 2 aromatic carbocycles. The van der Waals surface area contributed by atoms with Crippen LogP contribution in [0.5, 0.6) is 5.75 Å². The first-order valence-corrected chi connectivity index (χ1v) is 11.2. The van der Waals surface area contributed by atoms with Gasteiger partial charge in [-0.05, 0) is 41.5 Å². The van der Waals surface area contributed by atoms with E-state index in [4.69, 9.17) is 11.2 Å². The van der Waals surface area contributed by atoms with Crippen molar-refractivity contribution in [2.24, 2.45) is 7.05 Å². The molecule has 1 fully saturated rings. The molecular weight excluding hydrogens is 442 g/mol. The summed E-state index contributed by atoms with van der Waals surface area (Å²) in [6, 6.07) is 9.86. The van der Waals surface area contributed by atoms with E-state index < -0.39 is 0 Å². The molecule has 0 atom stereocenters. The molecule has 0 unspecified atom stereocenters. The van der Waals surface area contributed by atoms with Gasteiger partial charge in [0.15, 0.2) is 0 Å². The van der Waals surface area contributed by atoms with E-state index in [2.05, 4.69) is 48.7 Å². The Hall–Kier alpha value is -4.42. The van der Waals surface area contributed by atoms with Crippen LogP contribution < -0.4 is 15.4 Å². The van der Waals surface area contributed by atoms with Crippen molar-refractivity contribution in [1.82, 2.24) is 30.0 Å². The predicted molar refractivity (Wildman–Crippen MR) is 134 cm³/mol. The molecule has 176 valence electrons. The van der Waals surface area contributed by atoms with Crippen molar-refractivity contribution in [2.45, 2.75) is 6.54 Å². The lowest BCUT2D eigenvalue weighted by atomic mass is 10.0. The number of carbonyl (C=O) groups excluding carboxylic acids is 1. The highest BCUT2D eigenvalue weighted by atomic mass is 16.5. The lowest BCUT2D eigenvalue weighted by molar-refractivity contribution is -0.124. The molecule has 35 heavy (non-hydrogen) atoms. The average Bonchev–Trinajstić information content (AvgIpc) is 3.29. The number of piperazine rings is 1. The van der Waals surface area contributed by atoms with E-state index in [1.165, 1.54) is 0 Å². The van der Waals surface area contributed by atoms with Gasteiger partial charge in [0.2, 0.25) is 11.9 Å². The minimum atomic E-state index is 0.0458. The third-order valence-corrected chi connectivity index (χ3v) is 5.85. The summed E-state index contributed by atoms with van der Waals surface area (Å²) in [6.45, 7) is 2.49. The van der Waals surface area contributed by atoms with Crippen LogP contribution in [0.3, 0.4) is 0 Å². The Bertz CT molecular complexity index is 1450. The van der Waals surface area contributed by atoms with Crippen LogP contribution in [-0.2, 0) is 18.4 Å². The number of hydrogen-bond acceptors (Lipinski definition) is 7. The fourth-order valence-electron chi connectivity index (χ4n) is 4.22. The monoisotopic (exact) mass is 467 g/mol.